The quantitative estimate of drug-likeness (QED) is 0.353. The molecule has 0 bridgehead atoms. The Hall–Kier alpha value is -1.74. The lowest BCUT2D eigenvalue weighted by molar-refractivity contribution is -0.138. The van der Waals surface area contributed by atoms with E-state index in [4.69, 9.17) is 4.74 Å². The highest BCUT2D eigenvalue weighted by Crippen LogP contribution is 2.35. The zero-order valence-corrected chi connectivity index (χ0v) is 20.9. The molecule has 4 nitrogen and oxygen atoms in total. The number of hydrogen-bond acceptors (Lipinski definition) is 5. The molecule has 1 saturated heterocycles. The number of fused-ring (bicyclic) bond motifs is 1. The average Bonchev–Trinajstić information content (AvgIpc) is 2.86. The summed E-state index contributed by atoms with van der Waals surface area (Å²) in [6, 6.07) is 12.1. The molecule has 2 aliphatic heterocycles. The minimum absolute atomic E-state index is 0.184. The Balaban J connectivity index is 0.00000158. The highest BCUT2D eigenvalue weighted by atomic mass is 32.1. The second-order valence-electron chi connectivity index (χ2n) is 8.79. The molecule has 1 unspecified atom stereocenters. The predicted molar refractivity (Wildman–Crippen MR) is 136 cm³/mol. The van der Waals surface area contributed by atoms with Gasteiger partial charge in [0.25, 0.3) is 0 Å². The molecule has 2 aromatic carbocycles. The number of nitrogens with zero attached hydrogens (tertiary/aromatic N) is 1. The van der Waals surface area contributed by atoms with Gasteiger partial charge in [0.2, 0.25) is 0 Å². The van der Waals surface area contributed by atoms with Crippen molar-refractivity contribution in [3.05, 3.63) is 64.7 Å². The molecule has 2 N–H and O–H groups in total. The maximum absolute atomic E-state index is 13.4. The fourth-order valence-corrected chi connectivity index (χ4v) is 4.86. The Morgan fingerprint density at radius 1 is 1.15 bits per heavy atom. The molecule has 1 fully saturated rings. The Morgan fingerprint density at radius 2 is 1.88 bits per heavy atom. The molecule has 4 rings (SSSR count). The van der Waals surface area contributed by atoms with Crippen LogP contribution in [0.25, 0.3) is 0 Å². The Bertz CT molecular complexity index is 903. The van der Waals surface area contributed by atoms with Gasteiger partial charge in [0.15, 0.2) is 0 Å². The minimum Gasteiger partial charge on any atom is -0.367 e. The van der Waals surface area contributed by atoms with Gasteiger partial charge in [-0.2, -0.15) is 25.8 Å². The van der Waals surface area contributed by atoms with Crippen LogP contribution in [-0.4, -0.2) is 39.5 Å². The number of ether oxygens (including phenoxy) is 1. The number of hydrogen-bond donors (Lipinski definition) is 3. The van der Waals surface area contributed by atoms with Gasteiger partial charge in [0.1, 0.15) is 6.23 Å². The number of aryl methyl sites for hydroxylation is 1. The predicted octanol–water partition coefficient (Wildman–Crippen LogP) is 5.44. The van der Waals surface area contributed by atoms with Gasteiger partial charge in [-0.1, -0.05) is 24.3 Å². The van der Waals surface area contributed by atoms with Crippen molar-refractivity contribution in [2.45, 2.75) is 44.6 Å². The van der Waals surface area contributed by atoms with Crippen molar-refractivity contribution in [1.29, 1.82) is 0 Å². The number of alkyl halides is 3. The highest BCUT2D eigenvalue weighted by molar-refractivity contribution is 7.79. The van der Waals surface area contributed by atoms with Crippen molar-refractivity contribution in [1.82, 2.24) is 10.6 Å². The van der Waals surface area contributed by atoms with E-state index in [1.165, 1.54) is 30.5 Å². The standard InChI is InChI=1S/C25H32F3N3O.CH4S/c1-32-24(30-16-18-10-12-29-13-11-18)20-8-9-23-19(15-20)6-4-14-31(23)17-21-5-2-3-7-22(21)25(26,27)28;1-2/h2-3,5,7-9,15,18,24,29-30H,4,6,10-14,16-17H2,1H3;2H,1H3. The van der Waals surface area contributed by atoms with Crippen LogP contribution in [0.5, 0.6) is 0 Å². The fraction of sp³-hybridized carbons (Fsp3) is 0.538. The summed E-state index contributed by atoms with van der Waals surface area (Å²) >= 11 is 3.53. The lowest BCUT2D eigenvalue weighted by Gasteiger charge is -2.33. The second-order valence-corrected chi connectivity index (χ2v) is 8.79. The Labute approximate surface area is 206 Å². The normalized spacial score (nSPS) is 17.5. The largest absolute Gasteiger partial charge is 0.416 e. The zero-order valence-electron chi connectivity index (χ0n) is 20.0. The zero-order chi connectivity index (χ0) is 24.6. The number of halogens is 3. The first kappa shape index (κ1) is 26.9. The molecule has 0 radical (unpaired) electrons. The molecule has 0 saturated carbocycles. The molecule has 8 heteroatoms. The van der Waals surface area contributed by atoms with E-state index in [0.717, 1.165) is 50.3 Å². The van der Waals surface area contributed by atoms with E-state index in [1.54, 1.807) is 25.5 Å². The third-order valence-corrected chi connectivity index (χ3v) is 6.59. The van der Waals surface area contributed by atoms with E-state index in [1.807, 2.05) is 12.1 Å². The molecule has 2 aromatic rings. The van der Waals surface area contributed by atoms with Crippen LogP contribution in [0.15, 0.2) is 42.5 Å². The molecule has 0 spiro atoms. The molecular weight excluding hydrogens is 459 g/mol. The van der Waals surface area contributed by atoms with E-state index in [-0.39, 0.29) is 12.8 Å². The van der Waals surface area contributed by atoms with E-state index in [2.05, 4.69) is 34.2 Å². The number of thiol groups is 1. The van der Waals surface area contributed by atoms with Crippen LogP contribution in [0, 0.1) is 5.92 Å². The topological polar surface area (TPSA) is 36.5 Å². The molecule has 2 heterocycles. The van der Waals surface area contributed by atoms with Crippen LogP contribution in [-0.2, 0) is 23.9 Å². The van der Waals surface area contributed by atoms with Crippen molar-refractivity contribution in [3.63, 3.8) is 0 Å². The van der Waals surface area contributed by atoms with Gasteiger partial charge >= 0.3 is 6.18 Å². The third-order valence-electron chi connectivity index (χ3n) is 6.59. The molecule has 0 amide bonds. The van der Waals surface area contributed by atoms with Crippen molar-refractivity contribution < 1.29 is 17.9 Å². The molecule has 0 aliphatic carbocycles. The van der Waals surface area contributed by atoms with Crippen LogP contribution in [0.2, 0.25) is 0 Å². The first-order valence-corrected chi connectivity index (χ1v) is 12.8. The van der Waals surface area contributed by atoms with Crippen LogP contribution in [0.4, 0.5) is 18.9 Å². The van der Waals surface area contributed by atoms with E-state index >= 15 is 0 Å². The summed E-state index contributed by atoms with van der Waals surface area (Å²) in [4.78, 5) is 2.07. The van der Waals surface area contributed by atoms with Crippen LogP contribution >= 0.6 is 12.6 Å². The summed E-state index contributed by atoms with van der Waals surface area (Å²) in [6.07, 6.45) is 1.35. The highest BCUT2D eigenvalue weighted by Gasteiger charge is 2.33. The van der Waals surface area contributed by atoms with Gasteiger partial charge in [-0.15, -0.1) is 0 Å². The van der Waals surface area contributed by atoms with Gasteiger partial charge in [0.05, 0.1) is 5.56 Å². The summed E-state index contributed by atoms with van der Waals surface area (Å²) in [5, 5.41) is 6.94. The van der Waals surface area contributed by atoms with Crippen molar-refractivity contribution in [2.75, 3.05) is 44.4 Å². The average molecular weight is 496 g/mol. The molecular formula is C26H36F3N3OS. The number of rotatable bonds is 7. The molecule has 0 aromatic heterocycles. The smallest absolute Gasteiger partial charge is 0.367 e. The van der Waals surface area contributed by atoms with Crippen LogP contribution < -0.4 is 15.5 Å². The SMILES string of the molecule is COC(NCC1CCNCC1)c1ccc2c(c1)CCCN2Cc1ccccc1C(F)(F)F.CS. The monoisotopic (exact) mass is 495 g/mol. The van der Waals surface area contributed by atoms with Gasteiger partial charge in [0, 0.05) is 32.4 Å². The maximum Gasteiger partial charge on any atom is 0.416 e. The van der Waals surface area contributed by atoms with E-state index in [0.29, 0.717) is 11.5 Å². The molecule has 1 atom stereocenters. The number of benzene rings is 2. The molecule has 34 heavy (non-hydrogen) atoms. The van der Waals surface area contributed by atoms with Gasteiger partial charge in [-0.05, 0) is 85.8 Å². The van der Waals surface area contributed by atoms with Crippen LogP contribution in [0.3, 0.4) is 0 Å². The Kier molecular flexibility index (Phi) is 10.1. The number of nitrogens with one attached hydrogen (secondary N) is 2. The van der Waals surface area contributed by atoms with E-state index in [9.17, 15) is 13.2 Å². The van der Waals surface area contributed by atoms with Crippen molar-refractivity contribution in [3.8, 4) is 0 Å². The summed E-state index contributed by atoms with van der Waals surface area (Å²) in [6.45, 7) is 4.05. The molecule has 2 aliphatic rings. The summed E-state index contributed by atoms with van der Waals surface area (Å²) in [5.74, 6) is 0.649. The van der Waals surface area contributed by atoms with Crippen molar-refractivity contribution in [2.24, 2.45) is 5.92 Å². The minimum atomic E-state index is -4.34. The number of piperidine rings is 1. The van der Waals surface area contributed by atoms with E-state index < -0.39 is 11.7 Å². The summed E-state index contributed by atoms with van der Waals surface area (Å²) in [7, 11) is 1.71. The first-order valence-electron chi connectivity index (χ1n) is 11.9. The summed E-state index contributed by atoms with van der Waals surface area (Å²) < 4.78 is 46.1. The second kappa shape index (κ2) is 12.8. The molecule has 188 valence electrons. The third kappa shape index (κ3) is 6.90. The van der Waals surface area contributed by atoms with Crippen molar-refractivity contribution >= 4 is 18.3 Å². The first-order chi connectivity index (χ1) is 16.5. The lowest BCUT2D eigenvalue weighted by Crippen LogP contribution is -2.35. The van der Waals surface area contributed by atoms with Gasteiger partial charge < -0.3 is 15.0 Å². The summed E-state index contributed by atoms with van der Waals surface area (Å²) in [5.41, 5.74) is 3.02. The maximum atomic E-state index is 13.4. The van der Waals surface area contributed by atoms with Gasteiger partial charge in [-0.3, -0.25) is 5.32 Å². The number of methoxy groups -OCH3 is 1. The fourth-order valence-electron chi connectivity index (χ4n) is 4.86. The number of anilines is 1. The lowest BCUT2D eigenvalue weighted by atomic mass is 9.96. The van der Waals surface area contributed by atoms with Gasteiger partial charge in [-0.25, -0.2) is 0 Å². The van der Waals surface area contributed by atoms with Crippen LogP contribution in [0.1, 0.15) is 47.7 Å². The Morgan fingerprint density at radius 3 is 2.59 bits per heavy atom.